The molecule has 0 unspecified atom stereocenters. The molecule has 10 heteroatoms. The highest BCUT2D eigenvalue weighted by Crippen LogP contribution is 2.29. The Morgan fingerprint density at radius 2 is 0.846 bits per heavy atom. The number of nitrogens with zero attached hydrogens (tertiary/aromatic N) is 2. The molecule has 0 aliphatic rings. The van der Waals surface area contributed by atoms with Crippen LogP contribution >= 0.6 is 24.8 Å². The van der Waals surface area contributed by atoms with Crippen LogP contribution in [-0.4, -0.2) is 93.0 Å². The topological polar surface area (TPSA) is 128 Å². The molecule has 0 spiro atoms. The second kappa shape index (κ2) is 15.2. The van der Waals surface area contributed by atoms with Crippen molar-refractivity contribution in [3.63, 3.8) is 0 Å². The highest BCUT2D eigenvalue weighted by molar-refractivity contribution is 5.85. The first-order valence-electron chi connectivity index (χ1n) is 7.97. The summed E-state index contributed by atoms with van der Waals surface area (Å²) in [7, 11) is 0. The first-order valence-corrected chi connectivity index (χ1v) is 7.97. The molecule has 8 nitrogen and oxygen atoms in total. The van der Waals surface area contributed by atoms with Gasteiger partial charge in [-0.05, 0) is 12.1 Å². The molecule has 0 heterocycles. The summed E-state index contributed by atoms with van der Waals surface area (Å²) in [6.07, 6.45) is 0. The van der Waals surface area contributed by atoms with Crippen LogP contribution in [0.4, 0.5) is 0 Å². The number of hydrogen-bond acceptors (Lipinski definition) is 8. The second-order valence-corrected chi connectivity index (χ2v) is 5.56. The van der Waals surface area contributed by atoms with Gasteiger partial charge in [0.2, 0.25) is 0 Å². The fourth-order valence-corrected chi connectivity index (χ4v) is 2.50. The zero-order valence-electron chi connectivity index (χ0n) is 14.6. The molecule has 0 aliphatic carbocycles. The van der Waals surface area contributed by atoms with Crippen molar-refractivity contribution in [2.24, 2.45) is 0 Å². The Morgan fingerprint density at radius 1 is 0.577 bits per heavy atom. The van der Waals surface area contributed by atoms with Crippen LogP contribution in [0.25, 0.3) is 0 Å². The maximum absolute atomic E-state index is 10.2. The Labute approximate surface area is 166 Å². The monoisotopic (exact) mass is 416 g/mol. The normalized spacial score (nSPS) is 10.7. The third-order valence-electron chi connectivity index (χ3n) is 3.73. The molecule has 0 aromatic heterocycles. The second-order valence-electron chi connectivity index (χ2n) is 5.56. The lowest BCUT2D eigenvalue weighted by Gasteiger charge is -2.23. The number of rotatable bonds is 12. The van der Waals surface area contributed by atoms with Gasteiger partial charge < -0.3 is 30.6 Å². The maximum atomic E-state index is 10.2. The van der Waals surface area contributed by atoms with E-state index in [9.17, 15) is 10.2 Å². The van der Waals surface area contributed by atoms with Crippen molar-refractivity contribution in [3.8, 4) is 11.5 Å². The zero-order chi connectivity index (χ0) is 17.9. The van der Waals surface area contributed by atoms with Gasteiger partial charge in [0.1, 0.15) is 11.5 Å². The van der Waals surface area contributed by atoms with Gasteiger partial charge in [-0.1, -0.05) is 0 Å². The molecule has 0 aliphatic heterocycles. The average Bonchev–Trinajstić information content (AvgIpc) is 2.53. The highest BCUT2D eigenvalue weighted by atomic mass is 35.5. The van der Waals surface area contributed by atoms with Crippen molar-refractivity contribution in [3.05, 3.63) is 23.3 Å². The van der Waals surface area contributed by atoms with E-state index in [0.29, 0.717) is 37.3 Å². The summed E-state index contributed by atoms with van der Waals surface area (Å²) in [5, 5.41) is 56.5. The zero-order valence-corrected chi connectivity index (χ0v) is 16.3. The number of hydrogen-bond donors (Lipinski definition) is 6. The van der Waals surface area contributed by atoms with E-state index >= 15 is 0 Å². The fraction of sp³-hybridized carbons (Fsp3) is 0.625. The van der Waals surface area contributed by atoms with E-state index < -0.39 is 0 Å². The van der Waals surface area contributed by atoms with Crippen LogP contribution in [-0.2, 0) is 13.1 Å². The molecule has 0 amide bonds. The summed E-state index contributed by atoms with van der Waals surface area (Å²) in [4.78, 5) is 3.52. The van der Waals surface area contributed by atoms with Gasteiger partial charge in [0.15, 0.2) is 0 Å². The third kappa shape index (κ3) is 9.20. The standard InChI is InChI=1S/C16H28N2O6.2ClH/c19-5-1-17(2-6-20)11-13-9-16(24)14(10-15(13)23)12-18(3-7-21)4-8-22;;/h9-10,19-24H,1-8,11-12H2;2*1H. The van der Waals surface area contributed by atoms with Crippen LogP contribution in [0, 0.1) is 0 Å². The lowest BCUT2D eigenvalue weighted by molar-refractivity contribution is 0.153. The summed E-state index contributed by atoms with van der Waals surface area (Å²) in [6.45, 7) is 1.71. The van der Waals surface area contributed by atoms with Gasteiger partial charge in [-0.3, -0.25) is 9.80 Å². The van der Waals surface area contributed by atoms with Gasteiger partial charge in [-0.25, -0.2) is 0 Å². The number of phenols is 2. The first-order chi connectivity index (χ1) is 11.5. The minimum Gasteiger partial charge on any atom is -0.508 e. The summed E-state index contributed by atoms with van der Waals surface area (Å²) in [5.74, 6) is 0.0215. The van der Waals surface area contributed by atoms with Gasteiger partial charge in [0.25, 0.3) is 0 Å². The fourth-order valence-electron chi connectivity index (χ4n) is 2.50. The van der Waals surface area contributed by atoms with Crippen molar-refractivity contribution in [1.29, 1.82) is 0 Å². The Kier molecular flexibility index (Phi) is 16.0. The lowest BCUT2D eigenvalue weighted by atomic mass is 10.1. The molecule has 26 heavy (non-hydrogen) atoms. The molecule has 1 aromatic rings. The molecule has 0 fully saturated rings. The Balaban J connectivity index is 0. The van der Waals surface area contributed by atoms with Gasteiger partial charge >= 0.3 is 0 Å². The van der Waals surface area contributed by atoms with E-state index in [1.165, 1.54) is 12.1 Å². The van der Waals surface area contributed by atoms with Gasteiger partial charge in [-0.15, -0.1) is 24.8 Å². The van der Waals surface area contributed by atoms with Crippen molar-refractivity contribution in [2.75, 3.05) is 52.6 Å². The molecule has 6 N–H and O–H groups in total. The molecular formula is C16H30Cl2N2O6. The van der Waals surface area contributed by atoms with E-state index in [-0.39, 0.29) is 75.8 Å². The van der Waals surface area contributed by atoms with Crippen molar-refractivity contribution in [2.45, 2.75) is 13.1 Å². The summed E-state index contributed by atoms with van der Waals surface area (Å²) in [6, 6.07) is 2.92. The van der Waals surface area contributed by atoms with Crippen LogP contribution in [0.1, 0.15) is 11.1 Å². The minimum atomic E-state index is -0.0674. The van der Waals surface area contributed by atoms with Crippen molar-refractivity contribution in [1.82, 2.24) is 9.80 Å². The van der Waals surface area contributed by atoms with Gasteiger partial charge in [0.05, 0.1) is 26.4 Å². The van der Waals surface area contributed by atoms with Crippen LogP contribution in [0.3, 0.4) is 0 Å². The maximum Gasteiger partial charge on any atom is 0.120 e. The van der Waals surface area contributed by atoms with E-state index in [2.05, 4.69) is 0 Å². The van der Waals surface area contributed by atoms with E-state index in [1.54, 1.807) is 9.80 Å². The van der Waals surface area contributed by atoms with Crippen LogP contribution in [0.15, 0.2) is 12.1 Å². The Hall–Kier alpha value is -0.840. The van der Waals surface area contributed by atoms with E-state index in [0.717, 1.165) is 0 Å². The molecule has 1 rings (SSSR count). The van der Waals surface area contributed by atoms with Crippen molar-refractivity contribution >= 4 is 24.8 Å². The SMILES string of the molecule is Cl.Cl.OCCN(CCO)Cc1cc(O)c(CN(CCO)CCO)cc1O. The van der Waals surface area contributed by atoms with Crippen LogP contribution in [0.5, 0.6) is 11.5 Å². The Morgan fingerprint density at radius 3 is 1.08 bits per heavy atom. The average molecular weight is 417 g/mol. The summed E-state index contributed by atoms with van der Waals surface area (Å²) >= 11 is 0. The molecule has 1 aromatic carbocycles. The third-order valence-corrected chi connectivity index (χ3v) is 3.73. The van der Waals surface area contributed by atoms with Gasteiger partial charge in [0, 0.05) is 50.4 Å². The molecule has 0 saturated heterocycles. The van der Waals surface area contributed by atoms with Gasteiger partial charge in [-0.2, -0.15) is 0 Å². The minimum absolute atomic E-state index is 0. The quantitative estimate of drug-likeness (QED) is 0.252. The predicted octanol–water partition coefficient (Wildman–Crippen LogP) is -0.485. The molecule has 154 valence electrons. The van der Waals surface area contributed by atoms with E-state index in [1.807, 2.05) is 0 Å². The predicted molar refractivity (Wildman–Crippen MR) is 103 cm³/mol. The summed E-state index contributed by atoms with van der Waals surface area (Å²) in [5.41, 5.74) is 0.989. The number of aliphatic hydroxyl groups excluding tert-OH is 4. The Bertz CT molecular complexity index is 440. The van der Waals surface area contributed by atoms with Crippen LogP contribution in [0.2, 0.25) is 0 Å². The lowest BCUT2D eigenvalue weighted by Crippen LogP contribution is -2.30. The first kappa shape index (κ1) is 27.4. The number of aliphatic hydroxyl groups is 4. The highest BCUT2D eigenvalue weighted by Gasteiger charge is 2.14. The van der Waals surface area contributed by atoms with E-state index in [4.69, 9.17) is 20.4 Å². The summed E-state index contributed by atoms with van der Waals surface area (Å²) < 4.78 is 0. The van der Waals surface area contributed by atoms with Crippen molar-refractivity contribution < 1.29 is 30.6 Å². The van der Waals surface area contributed by atoms with Crippen LogP contribution < -0.4 is 0 Å². The smallest absolute Gasteiger partial charge is 0.120 e. The largest absolute Gasteiger partial charge is 0.508 e. The molecule has 0 saturated carbocycles. The molecule has 0 atom stereocenters. The number of aromatic hydroxyl groups is 2. The molecule has 0 bridgehead atoms. The molecular weight excluding hydrogens is 387 g/mol. The number of halogens is 2. The number of phenolic OH excluding ortho intramolecular Hbond substituents is 2. The number of benzene rings is 1. The molecule has 0 radical (unpaired) electrons.